The van der Waals surface area contributed by atoms with Gasteiger partial charge in [-0.2, -0.15) is 0 Å². The fourth-order valence-electron chi connectivity index (χ4n) is 3.70. The van der Waals surface area contributed by atoms with Gasteiger partial charge in [0.2, 0.25) is 11.8 Å². The van der Waals surface area contributed by atoms with Gasteiger partial charge in [-0.3, -0.25) is 9.59 Å². The Morgan fingerprint density at radius 3 is 2.14 bits per heavy atom. The summed E-state index contributed by atoms with van der Waals surface area (Å²) in [7, 11) is 1.60. The maximum absolute atomic E-state index is 13.1. The molecule has 0 aromatic heterocycles. The third-order valence-electron chi connectivity index (χ3n) is 5.63. The Hall–Kier alpha value is -3.02. The van der Waals surface area contributed by atoms with Gasteiger partial charge in [0.25, 0.3) is 0 Å². The van der Waals surface area contributed by atoms with Gasteiger partial charge in [-0.15, -0.1) is 0 Å². The lowest BCUT2D eigenvalue weighted by Crippen LogP contribution is -2.52. The van der Waals surface area contributed by atoms with Gasteiger partial charge in [0, 0.05) is 37.6 Å². The summed E-state index contributed by atoms with van der Waals surface area (Å²) in [5.74, 6) is 0.492. The molecule has 1 saturated carbocycles. The summed E-state index contributed by atoms with van der Waals surface area (Å²) >= 11 is 0. The zero-order valence-electron chi connectivity index (χ0n) is 16.1. The van der Waals surface area contributed by atoms with Crippen molar-refractivity contribution in [2.24, 2.45) is 5.41 Å². The van der Waals surface area contributed by atoms with E-state index in [1.807, 2.05) is 23.1 Å². The molecule has 2 fully saturated rings. The van der Waals surface area contributed by atoms with Crippen LogP contribution in [0.2, 0.25) is 0 Å². The van der Waals surface area contributed by atoms with E-state index in [4.69, 9.17) is 4.74 Å². The van der Waals surface area contributed by atoms with Crippen molar-refractivity contribution in [2.45, 2.75) is 12.8 Å². The van der Waals surface area contributed by atoms with E-state index in [1.165, 1.54) is 5.69 Å². The lowest BCUT2D eigenvalue weighted by atomic mass is 10.0. The fourth-order valence-corrected chi connectivity index (χ4v) is 3.70. The highest BCUT2D eigenvalue weighted by molar-refractivity contribution is 6.13. The second kappa shape index (κ2) is 7.54. The van der Waals surface area contributed by atoms with Crippen molar-refractivity contribution < 1.29 is 14.3 Å². The molecule has 4 rings (SSSR count). The minimum absolute atomic E-state index is 0.0359. The van der Waals surface area contributed by atoms with E-state index in [-0.39, 0.29) is 11.8 Å². The first-order valence-corrected chi connectivity index (χ1v) is 9.67. The number of anilines is 2. The van der Waals surface area contributed by atoms with E-state index in [9.17, 15) is 9.59 Å². The zero-order chi connectivity index (χ0) is 19.6. The van der Waals surface area contributed by atoms with Gasteiger partial charge >= 0.3 is 0 Å². The smallest absolute Gasteiger partial charge is 0.240 e. The van der Waals surface area contributed by atoms with E-state index in [2.05, 4.69) is 22.3 Å². The second-order valence-corrected chi connectivity index (χ2v) is 7.38. The number of hydrogen-bond donors (Lipinski definition) is 1. The average Bonchev–Trinajstić information content (AvgIpc) is 3.57. The van der Waals surface area contributed by atoms with Crippen LogP contribution in [0.4, 0.5) is 11.4 Å². The Labute approximate surface area is 165 Å². The van der Waals surface area contributed by atoms with Crippen LogP contribution < -0.4 is 15.0 Å². The average molecular weight is 379 g/mol. The third kappa shape index (κ3) is 3.54. The van der Waals surface area contributed by atoms with Crippen molar-refractivity contribution in [3.63, 3.8) is 0 Å². The van der Waals surface area contributed by atoms with Crippen LogP contribution in [-0.4, -0.2) is 50.0 Å². The number of para-hydroxylation sites is 1. The maximum atomic E-state index is 13.1. The molecule has 0 unspecified atom stereocenters. The summed E-state index contributed by atoms with van der Waals surface area (Å²) in [4.78, 5) is 30.0. The summed E-state index contributed by atoms with van der Waals surface area (Å²) in [6.07, 6.45) is 1.24. The maximum Gasteiger partial charge on any atom is 0.240 e. The van der Waals surface area contributed by atoms with Crippen molar-refractivity contribution in [1.29, 1.82) is 0 Å². The van der Waals surface area contributed by atoms with Gasteiger partial charge in [-0.1, -0.05) is 18.2 Å². The number of carbonyl (C=O) groups is 2. The molecule has 1 aliphatic heterocycles. The van der Waals surface area contributed by atoms with E-state index in [0.717, 1.165) is 18.8 Å². The molecule has 1 heterocycles. The predicted octanol–water partition coefficient (Wildman–Crippen LogP) is 2.76. The highest BCUT2D eigenvalue weighted by atomic mass is 16.5. The van der Waals surface area contributed by atoms with Crippen LogP contribution in [-0.2, 0) is 9.59 Å². The lowest BCUT2D eigenvalue weighted by Gasteiger charge is -2.37. The van der Waals surface area contributed by atoms with Gasteiger partial charge in [0.15, 0.2) is 0 Å². The largest absolute Gasteiger partial charge is 0.497 e. The van der Waals surface area contributed by atoms with E-state index in [0.29, 0.717) is 31.6 Å². The van der Waals surface area contributed by atoms with Crippen molar-refractivity contribution in [3.05, 3.63) is 54.6 Å². The molecule has 6 heteroatoms. The molecule has 0 spiro atoms. The van der Waals surface area contributed by atoms with E-state index >= 15 is 0 Å². The molecule has 1 aliphatic carbocycles. The molecule has 0 radical (unpaired) electrons. The zero-order valence-corrected chi connectivity index (χ0v) is 16.1. The number of benzene rings is 2. The quantitative estimate of drug-likeness (QED) is 0.812. The number of ether oxygens (including phenoxy) is 1. The third-order valence-corrected chi connectivity index (χ3v) is 5.63. The van der Waals surface area contributed by atoms with Crippen molar-refractivity contribution in [1.82, 2.24) is 4.90 Å². The molecular weight excluding hydrogens is 354 g/mol. The van der Waals surface area contributed by atoms with Crippen LogP contribution in [0.25, 0.3) is 0 Å². The predicted molar refractivity (Wildman–Crippen MR) is 109 cm³/mol. The van der Waals surface area contributed by atoms with E-state index in [1.54, 1.807) is 31.4 Å². The van der Waals surface area contributed by atoms with E-state index < -0.39 is 5.41 Å². The number of methoxy groups -OCH3 is 1. The first-order chi connectivity index (χ1) is 13.6. The Balaban J connectivity index is 1.37. The number of hydrogen-bond acceptors (Lipinski definition) is 4. The molecule has 2 aromatic rings. The van der Waals surface area contributed by atoms with Gasteiger partial charge < -0.3 is 19.9 Å². The number of amides is 2. The van der Waals surface area contributed by atoms with Crippen LogP contribution in [0.5, 0.6) is 5.75 Å². The van der Waals surface area contributed by atoms with Crippen molar-refractivity contribution in [2.75, 3.05) is 43.5 Å². The van der Waals surface area contributed by atoms with Gasteiger partial charge in [-0.25, -0.2) is 0 Å². The van der Waals surface area contributed by atoms with Gasteiger partial charge in [0.05, 0.1) is 7.11 Å². The highest BCUT2D eigenvalue weighted by Crippen LogP contribution is 2.48. The molecule has 1 saturated heterocycles. The molecule has 0 atom stereocenters. The van der Waals surface area contributed by atoms with Crippen LogP contribution in [0.1, 0.15) is 12.8 Å². The molecule has 2 aliphatic rings. The van der Waals surface area contributed by atoms with Crippen molar-refractivity contribution >= 4 is 23.2 Å². The first-order valence-electron chi connectivity index (χ1n) is 9.67. The van der Waals surface area contributed by atoms with Crippen LogP contribution in [0.3, 0.4) is 0 Å². The summed E-state index contributed by atoms with van der Waals surface area (Å²) in [5, 5.41) is 2.90. The number of carbonyl (C=O) groups excluding carboxylic acids is 2. The first kappa shape index (κ1) is 18.3. The molecule has 146 valence electrons. The standard InChI is InChI=1S/C22H25N3O3/c1-28-19-9-7-17(8-10-19)23-20(26)22(11-12-22)21(27)25-15-13-24(14-16-25)18-5-3-2-4-6-18/h2-10H,11-16H2,1H3,(H,23,26). The Morgan fingerprint density at radius 1 is 0.929 bits per heavy atom. The topological polar surface area (TPSA) is 61.9 Å². The monoisotopic (exact) mass is 379 g/mol. The molecule has 2 aromatic carbocycles. The van der Waals surface area contributed by atoms with Gasteiger partial charge in [-0.05, 0) is 49.2 Å². The molecule has 1 N–H and O–H groups in total. The minimum Gasteiger partial charge on any atom is -0.497 e. The fraction of sp³-hybridized carbons (Fsp3) is 0.364. The normalized spacial score (nSPS) is 17.8. The van der Waals surface area contributed by atoms with Crippen LogP contribution >= 0.6 is 0 Å². The Kier molecular flexibility index (Phi) is 4.94. The minimum atomic E-state index is -0.894. The second-order valence-electron chi connectivity index (χ2n) is 7.38. The van der Waals surface area contributed by atoms with Crippen LogP contribution in [0, 0.1) is 5.41 Å². The number of nitrogens with one attached hydrogen (secondary N) is 1. The number of rotatable bonds is 5. The molecule has 0 bridgehead atoms. The number of nitrogens with zero attached hydrogens (tertiary/aromatic N) is 2. The SMILES string of the molecule is COc1ccc(NC(=O)C2(C(=O)N3CCN(c4ccccc4)CC3)CC2)cc1. The van der Waals surface area contributed by atoms with Crippen LogP contribution in [0.15, 0.2) is 54.6 Å². The van der Waals surface area contributed by atoms with Crippen molar-refractivity contribution in [3.8, 4) is 5.75 Å². The molecule has 2 amide bonds. The van der Waals surface area contributed by atoms with Gasteiger partial charge in [0.1, 0.15) is 11.2 Å². The summed E-state index contributed by atoms with van der Waals surface area (Å²) in [6, 6.07) is 17.4. The molecular formula is C22H25N3O3. The summed E-state index contributed by atoms with van der Waals surface area (Å²) in [6.45, 7) is 2.86. The number of piperazine rings is 1. The summed E-state index contributed by atoms with van der Waals surface area (Å²) < 4.78 is 5.13. The Bertz CT molecular complexity index is 839. The molecule has 28 heavy (non-hydrogen) atoms. The molecule has 6 nitrogen and oxygen atoms in total. The Morgan fingerprint density at radius 2 is 1.57 bits per heavy atom. The summed E-state index contributed by atoms with van der Waals surface area (Å²) in [5.41, 5.74) is 0.959. The highest BCUT2D eigenvalue weighted by Gasteiger charge is 2.58. The lowest BCUT2D eigenvalue weighted by molar-refractivity contribution is -0.142.